The van der Waals surface area contributed by atoms with Crippen LogP contribution in [0.25, 0.3) is 71.8 Å². The van der Waals surface area contributed by atoms with Gasteiger partial charge in [-0.2, -0.15) is 0 Å². The number of hydrogen-bond donors (Lipinski definition) is 0. The van der Waals surface area contributed by atoms with Crippen LogP contribution in [0.4, 0.5) is 0 Å². The predicted octanol–water partition coefficient (Wildman–Crippen LogP) is 11.4. The Labute approximate surface area is 322 Å². The summed E-state index contributed by atoms with van der Waals surface area (Å²) in [6.07, 6.45) is 3.60. The molecule has 0 atom stereocenters. The van der Waals surface area contributed by atoms with Crippen molar-refractivity contribution in [3.8, 4) is 28.2 Å². The highest BCUT2D eigenvalue weighted by Gasteiger charge is 2.21. The SMILES string of the molecule is C=N/C(=N\C(=N/n1c2ccccc2c2ccc3c4ccccc4n(-c4ccccc4)c3c21)c1cccc(-c2ccccn2)c1)c1cccc(-c2ccccn2)c1. The quantitative estimate of drug-likeness (QED) is 0.127. The molecule has 7 nitrogen and oxygen atoms in total. The van der Waals surface area contributed by atoms with Gasteiger partial charge in [-0.3, -0.25) is 9.97 Å². The molecule has 0 saturated carbocycles. The van der Waals surface area contributed by atoms with Gasteiger partial charge in [-0.05, 0) is 67.4 Å². The maximum Gasteiger partial charge on any atom is 0.182 e. The molecule has 6 aromatic carbocycles. The normalized spacial score (nSPS) is 12.2. The molecule has 0 N–H and O–H groups in total. The number of amidine groups is 2. The van der Waals surface area contributed by atoms with Crippen molar-refractivity contribution in [2.24, 2.45) is 15.1 Å². The van der Waals surface area contributed by atoms with E-state index in [-0.39, 0.29) is 0 Å². The lowest BCUT2D eigenvalue weighted by Crippen LogP contribution is -2.08. The third kappa shape index (κ3) is 5.66. The van der Waals surface area contributed by atoms with Gasteiger partial charge in [-0.25, -0.2) is 14.7 Å². The van der Waals surface area contributed by atoms with E-state index in [1.54, 1.807) is 12.4 Å². The van der Waals surface area contributed by atoms with Crippen molar-refractivity contribution < 1.29 is 0 Å². The van der Waals surface area contributed by atoms with Crippen molar-refractivity contribution in [1.29, 1.82) is 0 Å². The highest BCUT2D eigenvalue weighted by molar-refractivity contribution is 6.23. The maximum absolute atomic E-state index is 5.54. The number of para-hydroxylation sites is 3. The van der Waals surface area contributed by atoms with Crippen LogP contribution in [0.2, 0.25) is 0 Å². The first-order chi connectivity index (χ1) is 27.7. The van der Waals surface area contributed by atoms with E-state index in [2.05, 4.69) is 134 Å². The standard InChI is InChI=1S/C49H33N7/c1-50-48(35-17-13-15-33(31-35)42-23-9-11-29-51-42)53-49(36-18-14-16-34(32-36)43-24-10-12-30-52-43)54-56-45-26-8-6-22-39(45)41-28-27-40-38-21-5-7-25-44(38)55(46(40)47(41)56)37-19-3-2-4-20-37/h2-32H,1H2/b53-48-,54-49-. The highest BCUT2D eigenvalue weighted by Crippen LogP contribution is 2.40. The molecule has 0 aliphatic rings. The number of rotatable bonds is 6. The number of aliphatic imine (C=N–C) groups is 2. The molecule has 0 unspecified atom stereocenters. The van der Waals surface area contributed by atoms with Crippen molar-refractivity contribution in [3.63, 3.8) is 0 Å². The lowest BCUT2D eigenvalue weighted by atomic mass is 10.1. The first-order valence-electron chi connectivity index (χ1n) is 18.4. The Morgan fingerprint density at radius 2 is 1.02 bits per heavy atom. The summed E-state index contributed by atoms with van der Waals surface area (Å²) in [5.74, 6) is 0.907. The lowest BCUT2D eigenvalue weighted by Gasteiger charge is -2.11. The first-order valence-corrected chi connectivity index (χ1v) is 18.4. The van der Waals surface area contributed by atoms with Crippen molar-refractivity contribution in [2.75, 3.05) is 0 Å². The Hall–Kier alpha value is -7.77. The predicted molar refractivity (Wildman–Crippen MR) is 231 cm³/mol. The molecule has 0 saturated heterocycles. The van der Waals surface area contributed by atoms with Crippen LogP contribution in [0.3, 0.4) is 0 Å². The highest BCUT2D eigenvalue weighted by atomic mass is 15.4. The number of benzene rings is 6. The Morgan fingerprint density at radius 3 is 1.64 bits per heavy atom. The van der Waals surface area contributed by atoms with Crippen molar-refractivity contribution >= 4 is 62.0 Å². The molecule has 7 heteroatoms. The summed E-state index contributed by atoms with van der Waals surface area (Å²) in [7, 11) is 0. The topological polar surface area (TPSA) is 72.7 Å². The van der Waals surface area contributed by atoms with Crippen LogP contribution in [0.1, 0.15) is 11.1 Å². The number of pyridine rings is 2. The zero-order chi connectivity index (χ0) is 37.4. The van der Waals surface area contributed by atoms with E-state index in [9.17, 15) is 0 Å². The van der Waals surface area contributed by atoms with Crippen molar-refractivity contribution in [2.45, 2.75) is 0 Å². The fourth-order valence-corrected chi connectivity index (χ4v) is 7.66. The Kier molecular flexibility index (Phi) is 8.15. The second-order valence-corrected chi connectivity index (χ2v) is 13.5. The average molecular weight is 720 g/mol. The minimum Gasteiger partial charge on any atom is -0.307 e. The van der Waals surface area contributed by atoms with Gasteiger partial charge in [0.15, 0.2) is 11.7 Å². The minimum absolute atomic E-state index is 0.439. The van der Waals surface area contributed by atoms with Crippen LogP contribution in [0.15, 0.2) is 203 Å². The molecule has 10 aromatic rings. The summed E-state index contributed by atoms with van der Waals surface area (Å²) in [5.41, 5.74) is 10.4. The third-order valence-electron chi connectivity index (χ3n) is 10.2. The third-order valence-corrected chi connectivity index (χ3v) is 10.2. The van der Waals surface area contributed by atoms with Crippen LogP contribution in [-0.4, -0.2) is 37.6 Å². The second-order valence-electron chi connectivity index (χ2n) is 13.5. The van der Waals surface area contributed by atoms with Crippen LogP contribution in [-0.2, 0) is 0 Å². The summed E-state index contributed by atoms with van der Waals surface area (Å²) in [4.78, 5) is 19.0. The number of nitrogens with zero attached hydrogens (tertiary/aromatic N) is 7. The molecular formula is C49H33N7. The van der Waals surface area contributed by atoms with Gasteiger partial charge < -0.3 is 4.57 Å². The molecule has 0 amide bonds. The summed E-state index contributed by atoms with van der Waals surface area (Å²) in [6.45, 7) is 3.99. The largest absolute Gasteiger partial charge is 0.307 e. The Balaban J connectivity index is 1.29. The van der Waals surface area contributed by atoms with Crippen LogP contribution < -0.4 is 0 Å². The summed E-state index contributed by atoms with van der Waals surface area (Å²) < 4.78 is 4.41. The lowest BCUT2D eigenvalue weighted by molar-refractivity contribution is 0.962. The van der Waals surface area contributed by atoms with Gasteiger partial charge in [0, 0.05) is 61.9 Å². The van der Waals surface area contributed by atoms with Gasteiger partial charge in [0.1, 0.15) is 0 Å². The minimum atomic E-state index is 0.439. The molecule has 56 heavy (non-hydrogen) atoms. The maximum atomic E-state index is 5.54. The molecule has 10 rings (SSSR count). The zero-order valence-electron chi connectivity index (χ0n) is 30.2. The molecule has 264 valence electrons. The van der Waals surface area contributed by atoms with E-state index in [1.165, 1.54) is 5.39 Å². The number of hydrogen-bond acceptors (Lipinski definition) is 3. The van der Waals surface area contributed by atoms with Gasteiger partial charge in [0.05, 0.1) is 33.5 Å². The molecule has 4 heterocycles. The Morgan fingerprint density at radius 1 is 0.464 bits per heavy atom. The van der Waals surface area contributed by atoms with Crippen molar-refractivity contribution in [1.82, 2.24) is 19.2 Å². The van der Waals surface area contributed by atoms with E-state index in [4.69, 9.17) is 10.1 Å². The van der Waals surface area contributed by atoms with Gasteiger partial charge in [0.25, 0.3) is 0 Å². The second kappa shape index (κ2) is 13.9. The fourth-order valence-electron chi connectivity index (χ4n) is 7.66. The van der Waals surface area contributed by atoms with E-state index < -0.39 is 0 Å². The molecule has 0 radical (unpaired) electrons. The van der Waals surface area contributed by atoms with E-state index >= 15 is 0 Å². The van der Waals surface area contributed by atoms with Crippen LogP contribution in [0.5, 0.6) is 0 Å². The molecular weight excluding hydrogens is 687 g/mol. The summed E-state index contributed by atoms with van der Waals surface area (Å²) in [5, 5.41) is 10.0. The molecule has 0 fully saturated rings. The summed E-state index contributed by atoms with van der Waals surface area (Å²) in [6, 6.07) is 60.0. The van der Waals surface area contributed by atoms with Gasteiger partial charge in [0.2, 0.25) is 0 Å². The van der Waals surface area contributed by atoms with Gasteiger partial charge >= 0.3 is 0 Å². The molecule has 4 aromatic heterocycles. The smallest absolute Gasteiger partial charge is 0.182 e. The zero-order valence-corrected chi connectivity index (χ0v) is 30.2. The van der Waals surface area contributed by atoms with Crippen molar-refractivity contribution in [3.05, 3.63) is 199 Å². The monoisotopic (exact) mass is 719 g/mol. The fraction of sp³-hybridized carbons (Fsp3) is 0. The van der Waals surface area contributed by atoms with E-state index in [1.807, 2.05) is 72.8 Å². The molecule has 0 bridgehead atoms. The van der Waals surface area contributed by atoms with E-state index in [0.717, 1.165) is 77.6 Å². The molecule has 0 spiro atoms. The molecule has 0 aliphatic heterocycles. The average Bonchev–Trinajstić information content (AvgIpc) is 3.78. The Bertz CT molecular complexity index is 3140. The first kappa shape index (κ1) is 32.8. The van der Waals surface area contributed by atoms with Gasteiger partial charge in [-0.15, -0.1) is 5.10 Å². The van der Waals surface area contributed by atoms with Crippen LogP contribution in [0, 0.1) is 0 Å². The number of aromatic nitrogens is 4. The van der Waals surface area contributed by atoms with Crippen LogP contribution >= 0.6 is 0 Å². The molecule has 0 aliphatic carbocycles. The number of fused-ring (bicyclic) bond motifs is 7. The van der Waals surface area contributed by atoms with Gasteiger partial charge in [-0.1, -0.05) is 115 Å². The summed E-state index contributed by atoms with van der Waals surface area (Å²) >= 11 is 0. The van der Waals surface area contributed by atoms with E-state index in [0.29, 0.717) is 11.7 Å².